The number of hydrogen-bond donors (Lipinski definition) is 1. The molecule has 0 unspecified atom stereocenters. The molecule has 20 heavy (non-hydrogen) atoms. The van der Waals surface area contributed by atoms with Crippen LogP contribution >= 0.6 is 15.9 Å². The molecule has 1 aromatic rings. The zero-order valence-electron chi connectivity index (χ0n) is 11.7. The number of rotatable bonds is 6. The highest BCUT2D eigenvalue weighted by atomic mass is 79.9. The van der Waals surface area contributed by atoms with E-state index in [9.17, 15) is 4.79 Å². The molecule has 0 bridgehead atoms. The van der Waals surface area contributed by atoms with Gasteiger partial charge in [-0.1, -0.05) is 12.8 Å². The van der Waals surface area contributed by atoms with Gasteiger partial charge in [-0.2, -0.15) is 0 Å². The molecule has 2 rings (SSSR count). The Morgan fingerprint density at radius 3 is 2.80 bits per heavy atom. The van der Waals surface area contributed by atoms with E-state index in [1.165, 1.54) is 12.8 Å². The lowest BCUT2D eigenvalue weighted by Gasteiger charge is -2.12. The third kappa shape index (κ3) is 4.21. The van der Waals surface area contributed by atoms with Gasteiger partial charge in [0.15, 0.2) is 0 Å². The molecule has 1 fully saturated rings. The van der Waals surface area contributed by atoms with Crippen LogP contribution in [0.15, 0.2) is 22.7 Å². The van der Waals surface area contributed by atoms with Crippen LogP contribution < -0.4 is 10.1 Å². The van der Waals surface area contributed by atoms with Crippen LogP contribution in [-0.2, 0) is 4.74 Å². The Morgan fingerprint density at radius 2 is 2.15 bits per heavy atom. The molecule has 1 aromatic carbocycles. The fraction of sp³-hybridized carbons (Fsp3) is 0.533. The Balaban J connectivity index is 1.75. The fourth-order valence-electron chi connectivity index (χ4n) is 2.35. The summed E-state index contributed by atoms with van der Waals surface area (Å²) in [7, 11) is 1.60. The summed E-state index contributed by atoms with van der Waals surface area (Å²) in [5.41, 5.74) is 0.610. The van der Waals surface area contributed by atoms with Crippen molar-refractivity contribution in [2.45, 2.75) is 31.8 Å². The second-order valence-electron chi connectivity index (χ2n) is 4.88. The molecule has 0 heterocycles. The fourth-order valence-corrected chi connectivity index (χ4v) is 2.90. The maximum Gasteiger partial charge on any atom is 0.251 e. The van der Waals surface area contributed by atoms with Crippen LogP contribution in [0.5, 0.6) is 5.75 Å². The van der Waals surface area contributed by atoms with E-state index >= 15 is 0 Å². The van der Waals surface area contributed by atoms with Gasteiger partial charge >= 0.3 is 0 Å². The number of benzene rings is 1. The van der Waals surface area contributed by atoms with Crippen LogP contribution in [0.4, 0.5) is 0 Å². The average Bonchev–Trinajstić information content (AvgIpc) is 2.96. The topological polar surface area (TPSA) is 47.6 Å². The summed E-state index contributed by atoms with van der Waals surface area (Å²) >= 11 is 3.37. The third-order valence-corrected chi connectivity index (χ3v) is 4.08. The van der Waals surface area contributed by atoms with Crippen molar-refractivity contribution < 1.29 is 14.3 Å². The van der Waals surface area contributed by atoms with Crippen molar-refractivity contribution in [1.29, 1.82) is 0 Å². The molecular weight excluding hydrogens is 322 g/mol. The smallest absolute Gasteiger partial charge is 0.251 e. The Bertz CT molecular complexity index is 458. The minimum absolute atomic E-state index is 0.0941. The first kappa shape index (κ1) is 15.3. The van der Waals surface area contributed by atoms with Crippen molar-refractivity contribution in [1.82, 2.24) is 5.32 Å². The van der Waals surface area contributed by atoms with Crippen molar-refractivity contribution >= 4 is 21.8 Å². The molecule has 4 nitrogen and oxygen atoms in total. The second-order valence-corrected chi connectivity index (χ2v) is 5.74. The number of ether oxygens (including phenoxy) is 2. The van der Waals surface area contributed by atoms with Gasteiger partial charge in [0.25, 0.3) is 5.91 Å². The summed E-state index contributed by atoms with van der Waals surface area (Å²) in [6, 6.07) is 5.27. The molecule has 1 N–H and O–H groups in total. The van der Waals surface area contributed by atoms with Crippen molar-refractivity contribution in [3.05, 3.63) is 28.2 Å². The molecule has 110 valence electrons. The van der Waals surface area contributed by atoms with Crippen LogP contribution in [0.3, 0.4) is 0 Å². The largest absolute Gasteiger partial charge is 0.496 e. The van der Waals surface area contributed by atoms with E-state index in [0.717, 1.165) is 17.3 Å². The number of carbonyl (C=O) groups is 1. The minimum Gasteiger partial charge on any atom is -0.496 e. The van der Waals surface area contributed by atoms with Crippen molar-refractivity contribution in [3.8, 4) is 5.75 Å². The highest BCUT2D eigenvalue weighted by Gasteiger charge is 2.15. The molecule has 0 spiro atoms. The minimum atomic E-state index is -0.0941. The molecule has 1 saturated carbocycles. The summed E-state index contributed by atoms with van der Waals surface area (Å²) in [5, 5.41) is 2.86. The van der Waals surface area contributed by atoms with E-state index in [2.05, 4.69) is 21.2 Å². The molecule has 0 atom stereocenters. The zero-order valence-corrected chi connectivity index (χ0v) is 13.2. The Morgan fingerprint density at radius 1 is 1.40 bits per heavy atom. The Hall–Kier alpha value is -1.07. The zero-order chi connectivity index (χ0) is 14.4. The van der Waals surface area contributed by atoms with Gasteiger partial charge in [0.2, 0.25) is 0 Å². The number of nitrogens with one attached hydrogen (secondary N) is 1. The summed E-state index contributed by atoms with van der Waals surface area (Å²) in [4.78, 5) is 12.0. The summed E-state index contributed by atoms with van der Waals surface area (Å²) < 4.78 is 11.6. The predicted octanol–water partition coefficient (Wildman–Crippen LogP) is 3.15. The van der Waals surface area contributed by atoms with E-state index in [-0.39, 0.29) is 5.91 Å². The molecule has 0 aromatic heterocycles. The van der Waals surface area contributed by atoms with Crippen molar-refractivity contribution in [3.63, 3.8) is 0 Å². The van der Waals surface area contributed by atoms with Gasteiger partial charge < -0.3 is 14.8 Å². The van der Waals surface area contributed by atoms with E-state index in [0.29, 0.717) is 30.6 Å². The van der Waals surface area contributed by atoms with Crippen LogP contribution in [0, 0.1) is 0 Å². The number of halogens is 1. The number of carbonyl (C=O) groups excluding carboxylic acids is 1. The average molecular weight is 342 g/mol. The molecular formula is C15H20BrNO3. The van der Waals surface area contributed by atoms with Gasteiger partial charge in [-0.05, 0) is 47.0 Å². The normalized spacial score (nSPS) is 15.3. The highest BCUT2D eigenvalue weighted by molar-refractivity contribution is 9.10. The van der Waals surface area contributed by atoms with Crippen LogP contribution in [-0.4, -0.2) is 32.3 Å². The molecule has 0 radical (unpaired) electrons. The van der Waals surface area contributed by atoms with Gasteiger partial charge in [0.1, 0.15) is 5.75 Å². The summed E-state index contributed by atoms with van der Waals surface area (Å²) in [6.07, 6.45) is 5.22. The van der Waals surface area contributed by atoms with Gasteiger partial charge in [-0.25, -0.2) is 0 Å². The molecule has 1 aliphatic carbocycles. The molecule has 5 heteroatoms. The van der Waals surface area contributed by atoms with Gasteiger partial charge in [0.05, 0.1) is 24.3 Å². The monoisotopic (exact) mass is 341 g/mol. The lowest BCUT2D eigenvalue weighted by molar-refractivity contribution is 0.0582. The quantitative estimate of drug-likeness (QED) is 0.808. The summed E-state index contributed by atoms with van der Waals surface area (Å²) in [6.45, 7) is 1.12. The van der Waals surface area contributed by atoms with Gasteiger partial charge in [-0.15, -0.1) is 0 Å². The Labute approximate surface area is 128 Å². The van der Waals surface area contributed by atoms with E-state index in [4.69, 9.17) is 9.47 Å². The van der Waals surface area contributed by atoms with E-state index in [1.807, 2.05) is 0 Å². The summed E-state index contributed by atoms with van der Waals surface area (Å²) in [5.74, 6) is 0.620. The number of methoxy groups -OCH3 is 1. The van der Waals surface area contributed by atoms with Gasteiger partial charge in [-0.3, -0.25) is 4.79 Å². The molecule has 0 saturated heterocycles. The molecule has 0 aliphatic heterocycles. The lowest BCUT2D eigenvalue weighted by Crippen LogP contribution is -2.28. The SMILES string of the molecule is COc1ccc(C(=O)NCCOC2CCCC2)cc1Br. The standard InChI is InChI=1S/C15H20BrNO3/c1-19-14-7-6-11(10-13(14)16)15(18)17-8-9-20-12-4-2-3-5-12/h6-7,10,12H,2-5,8-9H2,1H3,(H,17,18). The first-order chi connectivity index (χ1) is 9.70. The molecule has 1 amide bonds. The maximum atomic E-state index is 12.0. The maximum absolute atomic E-state index is 12.0. The van der Waals surface area contributed by atoms with Crippen molar-refractivity contribution in [2.75, 3.05) is 20.3 Å². The van der Waals surface area contributed by atoms with Crippen LogP contribution in [0.2, 0.25) is 0 Å². The van der Waals surface area contributed by atoms with E-state index < -0.39 is 0 Å². The van der Waals surface area contributed by atoms with Gasteiger partial charge in [0, 0.05) is 12.1 Å². The number of amides is 1. The van der Waals surface area contributed by atoms with Crippen LogP contribution in [0.1, 0.15) is 36.0 Å². The first-order valence-corrected chi connectivity index (χ1v) is 7.73. The second kappa shape index (κ2) is 7.64. The van der Waals surface area contributed by atoms with Crippen molar-refractivity contribution in [2.24, 2.45) is 0 Å². The van der Waals surface area contributed by atoms with Crippen LogP contribution in [0.25, 0.3) is 0 Å². The number of hydrogen-bond acceptors (Lipinski definition) is 3. The van der Waals surface area contributed by atoms with E-state index in [1.54, 1.807) is 25.3 Å². The Kier molecular flexibility index (Phi) is 5.86. The third-order valence-electron chi connectivity index (χ3n) is 3.46. The highest BCUT2D eigenvalue weighted by Crippen LogP contribution is 2.25. The predicted molar refractivity (Wildman–Crippen MR) is 81.2 cm³/mol. The lowest BCUT2D eigenvalue weighted by atomic mass is 10.2. The first-order valence-electron chi connectivity index (χ1n) is 6.94. The molecule has 1 aliphatic rings.